The summed E-state index contributed by atoms with van der Waals surface area (Å²) in [7, 11) is 1.59. The third kappa shape index (κ3) is 4.84. The van der Waals surface area contributed by atoms with E-state index in [0.29, 0.717) is 16.4 Å². The number of methoxy groups -OCH3 is 1. The minimum atomic E-state index is -0.348. The van der Waals surface area contributed by atoms with Gasteiger partial charge in [-0.05, 0) is 42.7 Å². The highest BCUT2D eigenvalue weighted by Gasteiger charge is 2.30. The van der Waals surface area contributed by atoms with Crippen LogP contribution in [0.25, 0.3) is 0 Å². The zero-order chi connectivity index (χ0) is 21.7. The van der Waals surface area contributed by atoms with Gasteiger partial charge in [0.1, 0.15) is 5.75 Å². The minimum Gasteiger partial charge on any atom is -0.497 e. The number of nitrogens with zero attached hydrogens (tertiary/aromatic N) is 1. The van der Waals surface area contributed by atoms with Crippen molar-refractivity contribution in [1.82, 2.24) is 5.32 Å². The number of benzene rings is 2. The summed E-state index contributed by atoms with van der Waals surface area (Å²) in [5.41, 5.74) is 4.08. The Hall–Kier alpha value is -3.24. The third-order valence-corrected chi connectivity index (χ3v) is 5.98. The van der Waals surface area contributed by atoms with Gasteiger partial charge in [-0.2, -0.15) is 5.26 Å². The first-order valence-corrected chi connectivity index (χ1v) is 10.5. The van der Waals surface area contributed by atoms with Crippen molar-refractivity contribution >= 4 is 29.3 Å². The maximum atomic E-state index is 12.5. The Kier molecular flexibility index (Phi) is 6.80. The van der Waals surface area contributed by atoms with Crippen LogP contribution in [0.2, 0.25) is 0 Å². The summed E-state index contributed by atoms with van der Waals surface area (Å²) in [5.74, 6) is 0.0813. The molecule has 30 heavy (non-hydrogen) atoms. The number of carbonyl (C=O) groups is 2. The lowest BCUT2D eigenvalue weighted by Gasteiger charge is -2.25. The Morgan fingerprint density at radius 3 is 2.50 bits per heavy atom. The summed E-state index contributed by atoms with van der Waals surface area (Å²) in [6.07, 6.45) is 0.188. The van der Waals surface area contributed by atoms with Crippen molar-refractivity contribution in [3.05, 3.63) is 69.8 Å². The molecule has 0 radical (unpaired) electrons. The highest BCUT2D eigenvalue weighted by Crippen LogP contribution is 2.36. The van der Waals surface area contributed by atoms with E-state index in [2.05, 4.69) is 16.7 Å². The number of allylic oxidation sites excluding steroid dienone is 1. The zero-order valence-corrected chi connectivity index (χ0v) is 17.9. The molecule has 0 saturated carbocycles. The van der Waals surface area contributed by atoms with Gasteiger partial charge >= 0.3 is 0 Å². The molecule has 0 fully saturated rings. The molecule has 2 aromatic carbocycles. The number of anilines is 1. The summed E-state index contributed by atoms with van der Waals surface area (Å²) < 4.78 is 5.18. The zero-order valence-electron chi connectivity index (χ0n) is 17.1. The molecular formula is C23H23N3O3S. The van der Waals surface area contributed by atoms with Crippen LogP contribution >= 0.6 is 11.8 Å². The van der Waals surface area contributed by atoms with Crippen molar-refractivity contribution in [2.24, 2.45) is 0 Å². The highest BCUT2D eigenvalue weighted by atomic mass is 32.2. The number of hydrogen-bond donors (Lipinski definition) is 2. The summed E-state index contributed by atoms with van der Waals surface area (Å²) in [6.45, 7) is 3.87. The molecule has 2 N–H and O–H groups in total. The number of hydrogen-bond acceptors (Lipinski definition) is 5. The smallest absolute Gasteiger partial charge is 0.234 e. The molecule has 7 heteroatoms. The van der Waals surface area contributed by atoms with Crippen LogP contribution in [0.15, 0.2) is 53.1 Å². The van der Waals surface area contributed by atoms with Crippen LogP contribution in [0, 0.1) is 25.2 Å². The molecule has 0 bridgehead atoms. The van der Waals surface area contributed by atoms with Crippen LogP contribution in [0.5, 0.6) is 5.75 Å². The van der Waals surface area contributed by atoms with Gasteiger partial charge in [-0.25, -0.2) is 0 Å². The van der Waals surface area contributed by atoms with Gasteiger partial charge in [0.05, 0.1) is 29.5 Å². The van der Waals surface area contributed by atoms with Gasteiger partial charge in [-0.15, -0.1) is 0 Å². The minimum absolute atomic E-state index is 0.0872. The molecule has 6 nitrogen and oxygen atoms in total. The SMILES string of the molecule is COc1ccc([C@H]2CC(=O)NC(SCC(=O)Nc3c(C)cccc3C)=C2C#N)cc1. The van der Waals surface area contributed by atoms with Crippen LogP contribution < -0.4 is 15.4 Å². The number of amides is 2. The Morgan fingerprint density at radius 1 is 1.23 bits per heavy atom. The van der Waals surface area contributed by atoms with Crippen LogP contribution in [-0.4, -0.2) is 24.7 Å². The second kappa shape index (κ2) is 9.51. The molecule has 2 aromatic rings. The molecule has 154 valence electrons. The predicted molar refractivity (Wildman–Crippen MR) is 118 cm³/mol. The van der Waals surface area contributed by atoms with Gasteiger partial charge in [-0.3, -0.25) is 9.59 Å². The quantitative estimate of drug-likeness (QED) is 0.735. The van der Waals surface area contributed by atoms with E-state index in [-0.39, 0.29) is 29.9 Å². The van der Waals surface area contributed by atoms with Crippen molar-refractivity contribution in [3.8, 4) is 11.8 Å². The molecule has 1 aliphatic rings. The molecule has 0 aromatic heterocycles. The van der Waals surface area contributed by atoms with E-state index >= 15 is 0 Å². The fourth-order valence-corrected chi connectivity index (χ4v) is 4.26. The van der Waals surface area contributed by atoms with Crippen LogP contribution in [0.1, 0.15) is 29.0 Å². The molecule has 0 saturated heterocycles. The molecular weight excluding hydrogens is 398 g/mol. The van der Waals surface area contributed by atoms with E-state index in [1.54, 1.807) is 7.11 Å². The van der Waals surface area contributed by atoms with Gasteiger partial charge in [0, 0.05) is 18.0 Å². The van der Waals surface area contributed by atoms with Crippen LogP contribution in [0.4, 0.5) is 5.69 Å². The van der Waals surface area contributed by atoms with E-state index in [1.165, 1.54) is 11.8 Å². The number of nitrogens with one attached hydrogen (secondary N) is 2. The fourth-order valence-electron chi connectivity index (χ4n) is 3.38. The molecule has 1 heterocycles. The first-order chi connectivity index (χ1) is 14.4. The Labute approximate surface area is 180 Å². The lowest BCUT2D eigenvalue weighted by atomic mass is 9.87. The molecule has 0 aliphatic carbocycles. The number of aryl methyl sites for hydroxylation is 2. The number of nitriles is 1. The second-order valence-corrected chi connectivity index (χ2v) is 8.02. The van der Waals surface area contributed by atoms with Crippen molar-refractivity contribution in [2.45, 2.75) is 26.2 Å². The van der Waals surface area contributed by atoms with Gasteiger partial charge in [0.25, 0.3) is 0 Å². The summed E-state index contributed by atoms with van der Waals surface area (Å²) >= 11 is 1.17. The molecule has 1 aliphatic heterocycles. The standard InChI is InChI=1S/C23H23N3O3S/c1-14-5-4-6-15(2)22(14)25-21(28)13-30-23-19(12-24)18(11-20(27)26-23)16-7-9-17(29-3)10-8-16/h4-10,18H,11,13H2,1-3H3,(H,25,28)(H,26,27)/t18-/m1/s1. The van der Waals surface area contributed by atoms with Crippen molar-refractivity contribution in [1.29, 1.82) is 5.26 Å². The lowest BCUT2D eigenvalue weighted by Crippen LogP contribution is -2.31. The van der Waals surface area contributed by atoms with Gasteiger partial charge in [0.15, 0.2) is 0 Å². The maximum Gasteiger partial charge on any atom is 0.234 e. The maximum absolute atomic E-state index is 12.5. The first kappa shape index (κ1) is 21.5. The van der Waals surface area contributed by atoms with E-state index in [0.717, 1.165) is 22.4 Å². The predicted octanol–water partition coefficient (Wildman–Crippen LogP) is 4.02. The van der Waals surface area contributed by atoms with Crippen molar-refractivity contribution in [2.75, 3.05) is 18.2 Å². The second-order valence-electron chi connectivity index (χ2n) is 7.04. The normalized spacial score (nSPS) is 15.9. The Bertz CT molecular complexity index is 1020. The van der Waals surface area contributed by atoms with E-state index in [4.69, 9.17) is 4.74 Å². The van der Waals surface area contributed by atoms with Gasteiger partial charge in [0.2, 0.25) is 11.8 Å². The molecule has 3 rings (SSSR count). The van der Waals surface area contributed by atoms with Gasteiger partial charge in [-0.1, -0.05) is 42.1 Å². The lowest BCUT2D eigenvalue weighted by molar-refractivity contribution is -0.121. The number of ether oxygens (including phenoxy) is 1. The number of carbonyl (C=O) groups excluding carboxylic acids is 2. The third-order valence-electron chi connectivity index (χ3n) is 4.97. The summed E-state index contributed by atoms with van der Waals surface area (Å²) in [6, 6.07) is 15.4. The average Bonchev–Trinajstić information content (AvgIpc) is 2.74. The van der Waals surface area contributed by atoms with Crippen molar-refractivity contribution in [3.63, 3.8) is 0 Å². The molecule has 1 atom stereocenters. The topological polar surface area (TPSA) is 91.2 Å². The average molecular weight is 422 g/mol. The molecule has 2 amide bonds. The largest absolute Gasteiger partial charge is 0.497 e. The number of para-hydroxylation sites is 1. The highest BCUT2D eigenvalue weighted by molar-refractivity contribution is 8.03. The monoisotopic (exact) mass is 421 g/mol. The molecule has 0 unspecified atom stereocenters. The van der Waals surface area contributed by atoms with E-state index in [9.17, 15) is 14.9 Å². The Balaban J connectivity index is 1.77. The number of rotatable bonds is 6. The fraction of sp³-hybridized carbons (Fsp3) is 0.261. The molecule has 0 spiro atoms. The summed E-state index contributed by atoms with van der Waals surface area (Å²) in [4.78, 5) is 24.8. The van der Waals surface area contributed by atoms with E-state index < -0.39 is 0 Å². The van der Waals surface area contributed by atoms with Crippen LogP contribution in [-0.2, 0) is 9.59 Å². The van der Waals surface area contributed by atoms with Gasteiger partial charge < -0.3 is 15.4 Å². The van der Waals surface area contributed by atoms with Crippen LogP contribution in [0.3, 0.4) is 0 Å². The van der Waals surface area contributed by atoms with Crippen molar-refractivity contribution < 1.29 is 14.3 Å². The summed E-state index contributed by atoms with van der Waals surface area (Å²) in [5, 5.41) is 15.9. The first-order valence-electron chi connectivity index (χ1n) is 9.50. The Morgan fingerprint density at radius 2 is 1.90 bits per heavy atom. The number of thioether (sulfide) groups is 1. The van der Waals surface area contributed by atoms with E-state index in [1.807, 2.05) is 56.3 Å².